The first-order chi connectivity index (χ1) is 18.8. The second-order valence-corrected chi connectivity index (χ2v) is 10.3. The number of carbonyl (C=O) groups excluding carboxylic acids is 3. The van der Waals surface area contributed by atoms with Crippen molar-refractivity contribution in [2.45, 2.75) is 32.2 Å². The maximum atomic E-state index is 14.3. The highest BCUT2D eigenvalue weighted by molar-refractivity contribution is 7.55. The predicted molar refractivity (Wildman–Crippen MR) is 143 cm³/mol. The zero-order valence-corrected chi connectivity index (χ0v) is 22.7. The average molecular weight is 556 g/mol. The van der Waals surface area contributed by atoms with E-state index in [2.05, 4.69) is 5.32 Å². The molecule has 1 amide bonds. The molecule has 0 aliphatic heterocycles. The zero-order valence-electron chi connectivity index (χ0n) is 21.8. The molecule has 3 rings (SSSR count). The van der Waals surface area contributed by atoms with Gasteiger partial charge < -0.3 is 28.6 Å². The Labute approximate surface area is 226 Å². The number of nitrogens with one attached hydrogen (secondary N) is 1. The summed E-state index contributed by atoms with van der Waals surface area (Å²) in [6.07, 6.45) is -0.0343. The molecule has 0 aliphatic rings. The molecule has 0 heterocycles. The third-order valence-corrected chi connectivity index (χ3v) is 7.54. The molecule has 0 radical (unpaired) electrons. The number of carbonyl (C=O) groups is 3. The summed E-state index contributed by atoms with van der Waals surface area (Å²) in [4.78, 5) is 36.3. The molecule has 0 saturated heterocycles. The molecule has 0 aromatic heterocycles. The van der Waals surface area contributed by atoms with Crippen molar-refractivity contribution in [3.05, 3.63) is 95.6 Å². The molecule has 0 unspecified atom stereocenters. The van der Waals surface area contributed by atoms with Crippen molar-refractivity contribution in [2.75, 3.05) is 14.2 Å². The van der Waals surface area contributed by atoms with Crippen LogP contribution in [0.5, 0.6) is 11.5 Å². The molecular weight excluding hydrogens is 525 g/mol. The van der Waals surface area contributed by atoms with Gasteiger partial charge in [0.1, 0.15) is 18.1 Å². The molecule has 0 bridgehead atoms. The van der Waals surface area contributed by atoms with Crippen LogP contribution in [-0.2, 0) is 25.4 Å². The lowest BCUT2D eigenvalue weighted by Gasteiger charge is -2.28. The Balaban J connectivity index is 1.86. The van der Waals surface area contributed by atoms with E-state index in [4.69, 9.17) is 23.3 Å². The van der Waals surface area contributed by atoms with Gasteiger partial charge in [-0.1, -0.05) is 43.7 Å². The van der Waals surface area contributed by atoms with Crippen LogP contribution in [0.1, 0.15) is 46.0 Å². The van der Waals surface area contributed by atoms with E-state index in [1.165, 1.54) is 62.8 Å². The first-order valence-corrected chi connectivity index (χ1v) is 13.7. The van der Waals surface area contributed by atoms with Crippen LogP contribution in [0.25, 0.3) is 0 Å². The standard InChI is InChI=1S/C28H30NO9P/c1-4-8-25(29-28(32)36-19-20-9-6-5-7-10-20)39(33,37-23-15-11-21(12-16-23)26(30)34-2)38-24-17-13-22(14-18-24)27(31)35-3/h5-7,9-18,25H,4,8,19H2,1-3H3,(H,29,32)/t25-/m0/s1. The van der Waals surface area contributed by atoms with Crippen molar-refractivity contribution < 1.29 is 42.2 Å². The van der Waals surface area contributed by atoms with Crippen molar-refractivity contribution in [3.8, 4) is 11.5 Å². The number of methoxy groups -OCH3 is 2. The smallest absolute Gasteiger partial charge is 0.453 e. The fraction of sp³-hybridized carbons (Fsp3) is 0.250. The Morgan fingerprint density at radius 1 is 0.769 bits per heavy atom. The van der Waals surface area contributed by atoms with Gasteiger partial charge >= 0.3 is 25.6 Å². The summed E-state index contributed by atoms with van der Waals surface area (Å²) in [5.41, 5.74) is 1.32. The number of amides is 1. The largest absolute Gasteiger partial charge is 0.465 e. The van der Waals surface area contributed by atoms with Gasteiger partial charge in [0.15, 0.2) is 5.78 Å². The second kappa shape index (κ2) is 14.0. The maximum Gasteiger partial charge on any atom is 0.453 e. The molecule has 0 saturated carbocycles. The second-order valence-electron chi connectivity index (χ2n) is 8.26. The topological polar surface area (TPSA) is 126 Å². The van der Waals surface area contributed by atoms with Gasteiger partial charge in [-0.25, -0.2) is 18.9 Å². The molecule has 0 aliphatic carbocycles. The molecule has 0 spiro atoms. The monoisotopic (exact) mass is 555 g/mol. The molecule has 1 atom stereocenters. The van der Waals surface area contributed by atoms with Crippen molar-refractivity contribution in [2.24, 2.45) is 0 Å². The highest BCUT2D eigenvalue weighted by Crippen LogP contribution is 2.53. The summed E-state index contributed by atoms with van der Waals surface area (Å²) in [7, 11) is -1.65. The Kier molecular flexibility index (Phi) is 10.5. The normalized spacial score (nSPS) is 11.6. The van der Waals surface area contributed by atoms with E-state index in [1.807, 2.05) is 37.3 Å². The summed E-state index contributed by atoms with van der Waals surface area (Å²) in [6.45, 7) is 1.87. The highest BCUT2D eigenvalue weighted by atomic mass is 31.2. The van der Waals surface area contributed by atoms with E-state index in [0.717, 1.165) is 5.56 Å². The van der Waals surface area contributed by atoms with Crippen LogP contribution >= 0.6 is 7.60 Å². The number of hydrogen-bond acceptors (Lipinski definition) is 9. The first kappa shape index (κ1) is 29.3. The third kappa shape index (κ3) is 8.35. The lowest BCUT2D eigenvalue weighted by molar-refractivity contribution is 0.0592. The highest BCUT2D eigenvalue weighted by Gasteiger charge is 2.40. The van der Waals surface area contributed by atoms with E-state index in [0.29, 0.717) is 6.42 Å². The molecular formula is C28H30NO9P. The fourth-order valence-corrected chi connectivity index (χ4v) is 5.42. The van der Waals surface area contributed by atoms with Gasteiger partial charge in [0.2, 0.25) is 0 Å². The van der Waals surface area contributed by atoms with E-state index in [1.54, 1.807) is 0 Å². The summed E-state index contributed by atoms with van der Waals surface area (Å²) < 4.78 is 40.8. The SMILES string of the molecule is CCC[C@@H](NC(=O)OCc1ccccc1)P(=O)(Oc1ccc(C(=O)OC)cc1)Oc1ccc(C(=O)OC)cc1. The number of ether oxygens (including phenoxy) is 3. The van der Waals surface area contributed by atoms with Crippen LogP contribution in [0.2, 0.25) is 0 Å². The molecule has 3 aromatic rings. The average Bonchev–Trinajstić information content (AvgIpc) is 2.96. The maximum absolute atomic E-state index is 14.3. The van der Waals surface area contributed by atoms with E-state index in [-0.39, 0.29) is 35.7 Å². The Bertz CT molecular complexity index is 1230. The van der Waals surface area contributed by atoms with Crippen LogP contribution < -0.4 is 14.4 Å². The van der Waals surface area contributed by atoms with Gasteiger partial charge in [-0.3, -0.25) is 0 Å². The first-order valence-electron chi connectivity index (χ1n) is 12.1. The summed E-state index contributed by atoms with van der Waals surface area (Å²) in [6, 6.07) is 20.7. The number of alkyl carbamates (subject to hydrolysis) is 1. The molecule has 1 N–H and O–H groups in total. The van der Waals surface area contributed by atoms with Crippen molar-refractivity contribution in [1.82, 2.24) is 5.32 Å². The van der Waals surface area contributed by atoms with Gasteiger partial charge in [-0.2, -0.15) is 0 Å². The fourth-order valence-electron chi connectivity index (χ4n) is 3.46. The van der Waals surface area contributed by atoms with Crippen LogP contribution in [0, 0.1) is 0 Å². The van der Waals surface area contributed by atoms with Crippen molar-refractivity contribution >= 4 is 25.6 Å². The van der Waals surface area contributed by atoms with Gasteiger partial charge in [-0.05, 0) is 60.5 Å². The van der Waals surface area contributed by atoms with Crippen LogP contribution in [-0.4, -0.2) is 38.0 Å². The van der Waals surface area contributed by atoms with Crippen LogP contribution in [0.4, 0.5) is 4.79 Å². The minimum Gasteiger partial charge on any atom is -0.465 e. The predicted octanol–water partition coefficient (Wildman–Crippen LogP) is 5.96. The number of esters is 2. The minimum atomic E-state index is -4.18. The lowest BCUT2D eigenvalue weighted by Crippen LogP contribution is -2.37. The van der Waals surface area contributed by atoms with Crippen molar-refractivity contribution in [3.63, 3.8) is 0 Å². The quantitative estimate of drug-likeness (QED) is 0.164. The summed E-state index contributed by atoms with van der Waals surface area (Å²) >= 11 is 0. The van der Waals surface area contributed by atoms with Gasteiger partial charge in [0, 0.05) is 0 Å². The molecule has 0 fully saturated rings. The molecule has 206 valence electrons. The number of benzene rings is 3. The third-order valence-electron chi connectivity index (χ3n) is 5.46. The van der Waals surface area contributed by atoms with Crippen molar-refractivity contribution in [1.29, 1.82) is 0 Å². The van der Waals surface area contributed by atoms with E-state index < -0.39 is 31.4 Å². The van der Waals surface area contributed by atoms with E-state index in [9.17, 15) is 18.9 Å². The summed E-state index contributed by atoms with van der Waals surface area (Å²) in [5, 5.41) is 2.62. The Morgan fingerprint density at radius 2 is 1.26 bits per heavy atom. The Morgan fingerprint density at radius 3 is 1.69 bits per heavy atom. The van der Waals surface area contributed by atoms with Gasteiger partial charge in [-0.15, -0.1) is 0 Å². The Hall–Kier alpha value is -4.30. The van der Waals surface area contributed by atoms with E-state index >= 15 is 0 Å². The summed E-state index contributed by atoms with van der Waals surface area (Å²) in [5.74, 6) is -1.90. The van der Waals surface area contributed by atoms with Gasteiger partial charge in [0.25, 0.3) is 0 Å². The number of hydrogen-bond donors (Lipinski definition) is 1. The lowest BCUT2D eigenvalue weighted by atomic mass is 10.2. The molecule has 11 heteroatoms. The van der Waals surface area contributed by atoms with Gasteiger partial charge in [0.05, 0.1) is 25.3 Å². The molecule has 39 heavy (non-hydrogen) atoms. The van der Waals surface area contributed by atoms with Crippen LogP contribution in [0.15, 0.2) is 78.9 Å². The molecule has 3 aromatic carbocycles. The van der Waals surface area contributed by atoms with Crippen LogP contribution in [0.3, 0.4) is 0 Å². The zero-order chi connectivity index (χ0) is 28.3. The number of rotatable bonds is 12. The minimum absolute atomic E-state index is 0.0154. The molecule has 10 nitrogen and oxygen atoms in total.